The Bertz CT molecular complexity index is 191. The van der Waals surface area contributed by atoms with E-state index in [0.717, 1.165) is 12.8 Å². The van der Waals surface area contributed by atoms with Crippen molar-refractivity contribution in [2.75, 3.05) is 0 Å². The van der Waals surface area contributed by atoms with Crippen molar-refractivity contribution in [3.05, 3.63) is 48.6 Å². The maximum Gasteiger partial charge on any atom is 1.00 e. The average Bonchev–Trinajstić information content (AvgIpc) is 2.03. The monoisotopic (exact) mass is 138 g/mol. The third kappa shape index (κ3) is 4.09. The van der Waals surface area contributed by atoms with Crippen molar-refractivity contribution in [3.63, 3.8) is 0 Å². The molecule has 0 saturated carbocycles. The normalized spacial score (nSPS) is 8.36. The van der Waals surface area contributed by atoms with Crippen LogP contribution in [0.4, 0.5) is 0 Å². The second kappa shape index (κ2) is 6.28. The van der Waals surface area contributed by atoms with Crippen molar-refractivity contribution < 1.29 is 18.9 Å². The van der Waals surface area contributed by atoms with Crippen LogP contribution < -0.4 is 18.9 Å². The van der Waals surface area contributed by atoms with Crippen LogP contribution in [0.3, 0.4) is 0 Å². The van der Waals surface area contributed by atoms with Crippen LogP contribution in [0.1, 0.15) is 12.0 Å². The third-order valence-electron chi connectivity index (χ3n) is 1.39. The zero-order valence-corrected chi connectivity index (χ0v) is 7.01. The van der Waals surface area contributed by atoms with Gasteiger partial charge in [0.05, 0.1) is 0 Å². The number of hydrogen-bond donors (Lipinski definition) is 0. The molecule has 1 heteroatoms. The minimum absolute atomic E-state index is 0. The summed E-state index contributed by atoms with van der Waals surface area (Å²) in [5.41, 5.74) is 1.27. The molecule has 52 valence electrons. The molecule has 1 rings (SSSR count). The summed E-state index contributed by atoms with van der Waals surface area (Å²) in [6.45, 7) is 3.66. The summed E-state index contributed by atoms with van der Waals surface area (Å²) in [4.78, 5) is 0. The second-order valence-electron chi connectivity index (χ2n) is 2.22. The van der Waals surface area contributed by atoms with Crippen LogP contribution in [0.15, 0.2) is 36.9 Å². The molecule has 1 aromatic rings. The molecule has 0 aliphatic carbocycles. The topological polar surface area (TPSA) is 0 Å². The number of benzene rings is 1. The standard InChI is InChI=1S/C10H11.Li/c1-2-3-7-10-8-5-4-6-9-10;/h2,4-6,8H,1,3,7H2;/q-1;+1. The van der Waals surface area contributed by atoms with E-state index >= 15 is 0 Å². The van der Waals surface area contributed by atoms with Gasteiger partial charge >= 0.3 is 18.9 Å². The van der Waals surface area contributed by atoms with Crippen molar-refractivity contribution in [2.24, 2.45) is 0 Å². The van der Waals surface area contributed by atoms with E-state index in [-0.39, 0.29) is 18.9 Å². The summed E-state index contributed by atoms with van der Waals surface area (Å²) in [5, 5.41) is 0. The van der Waals surface area contributed by atoms with Crippen LogP contribution in [0.25, 0.3) is 0 Å². The number of rotatable bonds is 3. The van der Waals surface area contributed by atoms with Gasteiger partial charge in [-0.1, -0.05) is 6.08 Å². The molecule has 0 nitrogen and oxygen atoms in total. The summed E-state index contributed by atoms with van der Waals surface area (Å²) >= 11 is 0. The van der Waals surface area contributed by atoms with Gasteiger partial charge in [-0.15, -0.1) is 6.58 Å². The van der Waals surface area contributed by atoms with E-state index < -0.39 is 0 Å². The first-order chi connectivity index (χ1) is 4.93. The first kappa shape index (κ1) is 10.6. The molecule has 0 aromatic heterocycles. The van der Waals surface area contributed by atoms with Gasteiger partial charge in [-0.3, -0.25) is 0 Å². The zero-order chi connectivity index (χ0) is 7.23. The predicted molar refractivity (Wildman–Crippen MR) is 43.8 cm³/mol. The summed E-state index contributed by atoms with van der Waals surface area (Å²) in [5.74, 6) is 0. The number of hydrogen-bond acceptors (Lipinski definition) is 0. The van der Waals surface area contributed by atoms with E-state index in [1.807, 2.05) is 24.3 Å². The Morgan fingerprint density at radius 2 is 2.27 bits per heavy atom. The fourth-order valence-electron chi connectivity index (χ4n) is 0.844. The number of aryl methyl sites for hydroxylation is 1. The molecule has 0 aliphatic rings. The van der Waals surface area contributed by atoms with E-state index in [1.54, 1.807) is 0 Å². The van der Waals surface area contributed by atoms with E-state index in [1.165, 1.54) is 5.56 Å². The quantitative estimate of drug-likeness (QED) is 0.303. The smallest absolute Gasteiger partial charge is 0.180 e. The van der Waals surface area contributed by atoms with Crippen molar-refractivity contribution in [1.82, 2.24) is 0 Å². The molecule has 1 aromatic carbocycles. The Morgan fingerprint density at radius 1 is 1.45 bits per heavy atom. The Labute approximate surface area is 80.5 Å². The molecule has 0 heterocycles. The van der Waals surface area contributed by atoms with Gasteiger partial charge in [-0.2, -0.15) is 35.9 Å². The molecule has 0 saturated heterocycles. The van der Waals surface area contributed by atoms with Crippen LogP contribution >= 0.6 is 0 Å². The molecule has 0 bridgehead atoms. The zero-order valence-electron chi connectivity index (χ0n) is 7.01. The SMILES string of the molecule is C=CCCc1[c-]cccc1.[Li+]. The summed E-state index contributed by atoms with van der Waals surface area (Å²) in [6, 6.07) is 11.2. The molecule has 0 N–H and O–H groups in total. The molecule has 0 spiro atoms. The molecule has 0 radical (unpaired) electrons. The van der Waals surface area contributed by atoms with Gasteiger partial charge in [-0.25, -0.2) is 0 Å². The van der Waals surface area contributed by atoms with Crippen molar-refractivity contribution >= 4 is 0 Å². The summed E-state index contributed by atoms with van der Waals surface area (Å²) in [6.07, 6.45) is 4.03. The van der Waals surface area contributed by atoms with E-state index in [4.69, 9.17) is 0 Å². The van der Waals surface area contributed by atoms with E-state index in [2.05, 4.69) is 18.7 Å². The van der Waals surface area contributed by atoms with Crippen molar-refractivity contribution in [2.45, 2.75) is 12.8 Å². The summed E-state index contributed by atoms with van der Waals surface area (Å²) < 4.78 is 0. The first-order valence-electron chi connectivity index (χ1n) is 3.50. The molecule has 11 heavy (non-hydrogen) atoms. The van der Waals surface area contributed by atoms with Gasteiger partial charge in [0.15, 0.2) is 0 Å². The predicted octanol–water partition coefficient (Wildman–Crippen LogP) is -0.391. The van der Waals surface area contributed by atoms with Crippen LogP contribution in [-0.2, 0) is 6.42 Å². The fraction of sp³-hybridized carbons (Fsp3) is 0.200. The van der Waals surface area contributed by atoms with Crippen LogP contribution in [0.2, 0.25) is 0 Å². The molecule has 0 unspecified atom stereocenters. The Hall–Kier alpha value is -0.443. The van der Waals surface area contributed by atoms with Crippen LogP contribution in [0.5, 0.6) is 0 Å². The number of allylic oxidation sites excluding steroid dienone is 1. The van der Waals surface area contributed by atoms with Gasteiger partial charge in [-0.05, 0) is 12.8 Å². The fourth-order valence-corrected chi connectivity index (χ4v) is 0.844. The van der Waals surface area contributed by atoms with Crippen molar-refractivity contribution in [3.8, 4) is 0 Å². The first-order valence-corrected chi connectivity index (χ1v) is 3.50. The van der Waals surface area contributed by atoms with E-state index in [0.29, 0.717) is 0 Å². The Morgan fingerprint density at radius 3 is 2.82 bits per heavy atom. The average molecular weight is 138 g/mol. The van der Waals surface area contributed by atoms with Gasteiger partial charge < -0.3 is 0 Å². The third-order valence-corrected chi connectivity index (χ3v) is 1.39. The Kier molecular flexibility index (Phi) is 6.03. The minimum Gasteiger partial charge on any atom is -0.180 e. The summed E-state index contributed by atoms with van der Waals surface area (Å²) in [7, 11) is 0. The molecular weight excluding hydrogens is 127 g/mol. The van der Waals surface area contributed by atoms with Gasteiger partial charge in [0.1, 0.15) is 0 Å². The largest absolute Gasteiger partial charge is 1.00 e. The van der Waals surface area contributed by atoms with E-state index in [9.17, 15) is 0 Å². The molecule has 0 fully saturated rings. The van der Waals surface area contributed by atoms with Gasteiger partial charge in [0.2, 0.25) is 0 Å². The van der Waals surface area contributed by atoms with Gasteiger partial charge in [0.25, 0.3) is 0 Å². The molecule has 0 atom stereocenters. The van der Waals surface area contributed by atoms with Gasteiger partial charge in [0, 0.05) is 0 Å². The van der Waals surface area contributed by atoms with Crippen LogP contribution in [0, 0.1) is 6.07 Å². The van der Waals surface area contributed by atoms with Crippen LogP contribution in [-0.4, -0.2) is 0 Å². The minimum atomic E-state index is 0. The van der Waals surface area contributed by atoms with Crippen molar-refractivity contribution in [1.29, 1.82) is 0 Å². The maximum absolute atomic E-state index is 3.66. The second-order valence-corrected chi connectivity index (χ2v) is 2.22. The molecule has 0 aliphatic heterocycles. The molecular formula is C10H11Li. The molecule has 0 amide bonds. The maximum atomic E-state index is 3.66. The Balaban J connectivity index is 0.000001000.